The maximum absolute atomic E-state index is 11.9. The third kappa shape index (κ3) is 2.45. The van der Waals surface area contributed by atoms with Crippen molar-refractivity contribution in [1.29, 1.82) is 0 Å². The van der Waals surface area contributed by atoms with Crippen LogP contribution < -0.4 is 5.32 Å². The molecule has 0 unspecified atom stereocenters. The lowest BCUT2D eigenvalue weighted by Gasteiger charge is -1.95. The number of nitrogens with one attached hydrogen (secondary N) is 1. The van der Waals surface area contributed by atoms with E-state index in [1.54, 1.807) is 13.0 Å². The van der Waals surface area contributed by atoms with Crippen molar-refractivity contribution in [2.45, 2.75) is 6.92 Å². The van der Waals surface area contributed by atoms with Crippen LogP contribution in [0.5, 0.6) is 0 Å². The van der Waals surface area contributed by atoms with Crippen molar-refractivity contribution in [3.63, 3.8) is 0 Å². The third-order valence-corrected chi connectivity index (χ3v) is 3.58. The quantitative estimate of drug-likeness (QED) is 0.785. The number of benzene rings is 1. The molecule has 19 heavy (non-hydrogen) atoms. The van der Waals surface area contributed by atoms with E-state index in [1.807, 2.05) is 12.1 Å². The van der Waals surface area contributed by atoms with Crippen molar-refractivity contribution in [2.24, 2.45) is 0 Å². The van der Waals surface area contributed by atoms with Gasteiger partial charge in [0.2, 0.25) is 5.76 Å². The minimum atomic E-state index is -0.370. The van der Waals surface area contributed by atoms with Crippen LogP contribution in [0.3, 0.4) is 0 Å². The molecule has 7 heteroatoms. The van der Waals surface area contributed by atoms with Gasteiger partial charge >= 0.3 is 0 Å². The van der Waals surface area contributed by atoms with Gasteiger partial charge in [-0.25, -0.2) is 9.97 Å². The first-order valence-electron chi connectivity index (χ1n) is 5.42. The van der Waals surface area contributed by atoms with Crippen molar-refractivity contribution in [2.75, 3.05) is 5.32 Å². The Morgan fingerprint density at radius 1 is 1.47 bits per heavy atom. The Hall–Kier alpha value is -1.92. The van der Waals surface area contributed by atoms with Crippen molar-refractivity contribution >= 4 is 44.2 Å². The van der Waals surface area contributed by atoms with Gasteiger partial charge in [0, 0.05) is 11.9 Å². The van der Waals surface area contributed by atoms with Crippen LogP contribution >= 0.6 is 22.9 Å². The fourth-order valence-corrected chi connectivity index (χ4v) is 2.71. The zero-order valence-corrected chi connectivity index (χ0v) is 11.4. The monoisotopic (exact) mass is 293 g/mol. The molecule has 0 saturated heterocycles. The summed E-state index contributed by atoms with van der Waals surface area (Å²) in [5.74, 6) is 0.238. The lowest BCUT2D eigenvalue weighted by atomic mass is 10.3. The fourth-order valence-electron chi connectivity index (χ4n) is 1.58. The van der Waals surface area contributed by atoms with Gasteiger partial charge in [-0.2, -0.15) is 0 Å². The van der Waals surface area contributed by atoms with E-state index in [4.69, 9.17) is 16.0 Å². The maximum Gasteiger partial charge on any atom is 0.294 e. The van der Waals surface area contributed by atoms with E-state index in [0.717, 1.165) is 10.2 Å². The number of aryl methyl sites for hydroxylation is 1. The van der Waals surface area contributed by atoms with Crippen LogP contribution in [-0.2, 0) is 0 Å². The zero-order valence-electron chi connectivity index (χ0n) is 9.81. The van der Waals surface area contributed by atoms with Crippen LogP contribution in [0.4, 0.5) is 5.13 Å². The summed E-state index contributed by atoms with van der Waals surface area (Å²) in [6.45, 7) is 1.68. The Morgan fingerprint density at radius 3 is 3.05 bits per heavy atom. The van der Waals surface area contributed by atoms with Crippen LogP contribution in [0.15, 0.2) is 28.8 Å². The highest BCUT2D eigenvalue weighted by Crippen LogP contribution is 2.28. The SMILES string of the molecule is Cc1ncc(C(=O)Nc2nc3ccc(Cl)cc3s2)o1. The Morgan fingerprint density at radius 2 is 2.32 bits per heavy atom. The molecule has 0 radical (unpaired) electrons. The van der Waals surface area contributed by atoms with E-state index in [0.29, 0.717) is 16.0 Å². The number of nitrogens with zero attached hydrogens (tertiary/aromatic N) is 2. The summed E-state index contributed by atoms with van der Waals surface area (Å²) >= 11 is 7.25. The van der Waals surface area contributed by atoms with Crippen molar-refractivity contribution in [3.05, 3.63) is 41.1 Å². The second-order valence-corrected chi connectivity index (χ2v) is 5.30. The summed E-state index contributed by atoms with van der Waals surface area (Å²) in [5.41, 5.74) is 0.790. The van der Waals surface area contributed by atoms with Gasteiger partial charge in [0.1, 0.15) is 0 Å². The molecule has 0 aliphatic carbocycles. The molecule has 2 heterocycles. The standard InChI is InChI=1S/C12H8ClN3O2S/c1-6-14-5-9(18-6)11(17)16-12-15-8-3-2-7(13)4-10(8)19-12/h2-5H,1H3,(H,15,16,17). The summed E-state index contributed by atoms with van der Waals surface area (Å²) in [6, 6.07) is 5.38. The van der Waals surface area contributed by atoms with Crippen molar-refractivity contribution < 1.29 is 9.21 Å². The molecule has 2 aromatic heterocycles. The molecule has 0 saturated carbocycles. The second kappa shape index (κ2) is 4.64. The number of oxazole rings is 1. The first kappa shape index (κ1) is 12.1. The lowest BCUT2D eigenvalue weighted by Crippen LogP contribution is -2.10. The van der Waals surface area contributed by atoms with Crippen molar-refractivity contribution in [3.8, 4) is 0 Å². The molecule has 0 atom stereocenters. The van der Waals surface area contributed by atoms with Gasteiger partial charge in [0.25, 0.3) is 5.91 Å². The van der Waals surface area contributed by atoms with Gasteiger partial charge in [-0.15, -0.1) is 0 Å². The number of carbonyl (C=O) groups excluding carboxylic acids is 1. The van der Waals surface area contributed by atoms with Crippen LogP contribution in [0.25, 0.3) is 10.2 Å². The van der Waals surface area contributed by atoms with Crippen LogP contribution in [0.1, 0.15) is 16.4 Å². The number of thiazole rings is 1. The topological polar surface area (TPSA) is 68.0 Å². The smallest absolute Gasteiger partial charge is 0.294 e. The first-order valence-corrected chi connectivity index (χ1v) is 6.61. The van der Waals surface area contributed by atoms with Gasteiger partial charge in [-0.05, 0) is 18.2 Å². The predicted octanol–water partition coefficient (Wildman–Crippen LogP) is 3.50. The number of hydrogen-bond donors (Lipinski definition) is 1. The molecule has 0 aliphatic rings. The van der Waals surface area contributed by atoms with Crippen LogP contribution in [-0.4, -0.2) is 15.9 Å². The Labute approximate surface area is 117 Å². The fraction of sp³-hybridized carbons (Fsp3) is 0.0833. The molecule has 0 bridgehead atoms. The van der Waals surface area contributed by atoms with Gasteiger partial charge in [0.05, 0.1) is 16.4 Å². The minimum Gasteiger partial charge on any atom is -0.436 e. The summed E-state index contributed by atoms with van der Waals surface area (Å²) in [5, 5.41) is 3.81. The highest BCUT2D eigenvalue weighted by molar-refractivity contribution is 7.22. The van der Waals surface area contributed by atoms with Gasteiger partial charge in [0.15, 0.2) is 11.0 Å². The molecule has 0 fully saturated rings. The maximum atomic E-state index is 11.9. The molecule has 1 amide bonds. The highest BCUT2D eigenvalue weighted by atomic mass is 35.5. The second-order valence-electron chi connectivity index (χ2n) is 3.83. The van der Waals surface area contributed by atoms with Crippen LogP contribution in [0.2, 0.25) is 5.02 Å². The molecular formula is C12H8ClN3O2S. The van der Waals surface area contributed by atoms with E-state index in [-0.39, 0.29) is 11.7 Å². The highest BCUT2D eigenvalue weighted by Gasteiger charge is 2.13. The molecule has 1 N–H and O–H groups in total. The number of fused-ring (bicyclic) bond motifs is 1. The molecule has 1 aromatic carbocycles. The number of carbonyl (C=O) groups is 1. The largest absolute Gasteiger partial charge is 0.436 e. The minimum absolute atomic E-state index is 0.162. The first-order chi connectivity index (χ1) is 9.11. The average molecular weight is 294 g/mol. The number of hydrogen-bond acceptors (Lipinski definition) is 5. The molecule has 3 rings (SSSR count). The lowest BCUT2D eigenvalue weighted by molar-refractivity contribution is 0.0995. The number of anilines is 1. The van der Waals surface area contributed by atoms with E-state index < -0.39 is 0 Å². The van der Waals surface area contributed by atoms with Gasteiger partial charge in [-0.1, -0.05) is 22.9 Å². The Balaban J connectivity index is 1.87. The van der Waals surface area contributed by atoms with Crippen molar-refractivity contribution in [1.82, 2.24) is 9.97 Å². The summed E-state index contributed by atoms with van der Waals surface area (Å²) in [6.07, 6.45) is 1.38. The number of rotatable bonds is 2. The molecule has 0 aliphatic heterocycles. The molecule has 3 aromatic rings. The molecule has 96 valence electrons. The van der Waals surface area contributed by atoms with E-state index in [1.165, 1.54) is 17.5 Å². The van der Waals surface area contributed by atoms with E-state index in [9.17, 15) is 4.79 Å². The normalized spacial score (nSPS) is 10.8. The number of amides is 1. The Bertz CT molecular complexity index is 765. The molecule has 0 spiro atoms. The van der Waals surface area contributed by atoms with Gasteiger partial charge in [-0.3, -0.25) is 10.1 Å². The predicted molar refractivity (Wildman–Crippen MR) is 73.8 cm³/mol. The van der Waals surface area contributed by atoms with E-state index >= 15 is 0 Å². The summed E-state index contributed by atoms with van der Waals surface area (Å²) < 4.78 is 6.06. The number of halogens is 1. The van der Waals surface area contributed by atoms with E-state index in [2.05, 4.69) is 15.3 Å². The number of aromatic nitrogens is 2. The van der Waals surface area contributed by atoms with Gasteiger partial charge < -0.3 is 4.42 Å². The summed E-state index contributed by atoms with van der Waals surface area (Å²) in [4.78, 5) is 20.0. The summed E-state index contributed by atoms with van der Waals surface area (Å²) in [7, 11) is 0. The Kier molecular flexibility index (Phi) is 2.96. The van der Waals surface area contributed by atoms with Crippen LogP contribution in [0, 0.1) is 6.92 Å². The average Bonchev–Trinajstić information content (AvgIpc) is 2.94. The molecular weight excluding hydrogens is 286 g/mol. The molecule has 5 nitrogen and oxygen atoms in total. The zero-order chi connectivity index (χ0) is 13.4. The third-order valence-electron chi connectivity index (χ3n) is 2.42.